The first-order chi connectivity index (χ1) is 9.60. The van der Waals surface area contributed by atoms with Gasteiger partial charge in [0.25, 0.3) is 0 Å². The van der Waals surface area contributed by atoms with Crippen molar-refractivity contribution in [3.63, 3.8) is 0 Å². The van der Waals surface area contributed by atoms with Crippen LogP contribution in [0.2, 0.25) is 10.0 Å². The van der Waals surface area contributed by atoms with Crippen LogP contribution in [0.3, 0.4) is 0 Å². The van der Waals surface area contributed by atoms with Crippen LogP contribution in [0.1, 0.15) is 11.1 Å². The summed E-state index contributed by atoms with van der Waals surface area (Å²) in [6.45, 7) is 0. The number of hydrogen-bond donors (Lipinski definition) is 1. The van der Waals surface area contributed by atoms with Crippen molar-refractivity contribution in [3.05, 3.63) is 69.5 Å². The molecule has 0 heterocycles. The first-order valence-corrected chi connectivity index (χ1v) is 7.20. The Bertz CT molecular complexity index is 569. The second-order valence-electron chi connectivity index (χ2n) is 4.73. The highest BCUT2D eigenvalue weighted by Crippen LogP contribution is 2.22. The second-order valence-corrected chi connectivity index (χ2v) is 5.55. The fourth-order valence-corrected chi connectivity index (χ4v) is 2.48. The molecule has 2 aromatic carbocycles. The van der Waals surface area contributed by atoms with Gasteiger partial charge in [0, 0.05) is 11.1 Å². The van der Waals surface area contributed by atoms with Gasteiger partial charge >= 0.3 is 0 Å². The van der Waals surface area contributed by atoms with Crippen LogP contribution >= 0.6 is 23.2 Å². The molecule has 0 saturated carbocycles. The number of nitrogens with one attached hydrogen (secondary N) is 1. The van der Waals surface area contributed by atoms with Crippen molar-refractivity contribution in [3.8, 4) is 0 Å². The molecule has 1 nitrogen and oxygen atoms in total. The van der Waals surface area contributed by atoms with Crippen molar-refractivity contribution >= 4 is 23.2 Å². The number of halogens is 3. The van der Waals surface area contributed by atoms with E-state index in [1.807, 2.05) is 37.4 Å². The smallest absolute Gasteiger partial charge is 0.142 e. The lowest BCUT2D eigenvalue weighted by Gasteiger charge is -2.17. The fraction of sp³-hybridized carbons (Fsp3) is 0.250. The van der Waals surface area contributed by atoms with Gasteiger partial charge in [-0.1, -0.05) is 47.5 Å². The van der Waals surface area contributed by atoms with Gasteiger partial charge in [0.05, 0.1) is 5.02 Å². The molecule has 0 amide bonds. The van der Waals surface area contributed by atoms with Crippen LogP contribution in [-0.2, 0) is 12.8 Å². The highest BCUT2D eigenvalue weighted by molar-refractivity contribution is 6.31. The molecule has 0 spiro atoms. The summed E-state index contributed by atoms with van der Waals surface area (Å²) in [6.07, 6.45) is 1.51. The molecule has 0 aliphatic heterocycles. The van der Waals surface area contributed by atoms with Crippen LogP contribution in [0.15, 0.2) is 42.5 Å². The molecule has 20 heavy (non-hydrogen) atoms. The predicted octanol–water partition coefficient (Wildman–Crippen LogP) is 4.51. The SMILES string of the molecule is CNC(Cc1ccc(Cl)cc1)Cc1cccc(F)c1Cl. The van der Waals surface area contributed by atoms with Crippen LogP contribution in [0.5, 0.6) is 0 Å². The molecule has 0 aliphatic carbocycles. The minimum Gasteiger partial charge on any atom is -0.316 e. The third-order valence-corrected chi connectivity index (χ3v) is 3.98. The van der Waals surface area contributed by atoms with Gasteiger partial charge in [0.1, 0.15) is 5.82 Å². The average molecular weight is 312 g/mol. The Morgan fingerprint density at radius 3 is 2.40 bits per heavy atom. The zero-order valence-electron chi connectivity index (χ0n) is 11.2. The minimum atomic E-state index is -0.370. The van der Waals surface area contributed by atoms with E-state index in [4.69, 9.17) is 23.2 Å². The lowest BCUT2D eigenvalue weighted by Crippen LogP contribution is -2.30. The molecule has 4 heteroatoms. The maximum Gasteiger partial charge on any atom is 0.142 e. The lowest BCUT2D eigenvalue weighted by atomic mass is 9.99. The standard InChI is InChI=1S/C16H16Cl2FN/c1-20-14(9-11-5-7-13(17)8-6-11)10-12-3-2-4-15(19)16(12)18/h2-8,14,20H,9-10H2,1H3. The van der Waals surface area contributed by atoms with Gasteiger partial charge in [-0.15, -0.1) is 0 Å². The van der Waals surface area contributed by atoms with Gasteiger partial charge < -0.3 is 5.32 Å². The Morgan fingerprint density at radius 2 is 1.75 bits per heavy atom. The number of likely N-dealkylation sites (N-methyl/N-ethyl adjacent to an activating group) is 1. The summed E-state index contributed by atoms with van der Waals surface area (Å²) in [5.74, 6) is -0.370. The van der Waals surface area contributed by atoms with E-state index in [0.717, 1.165) is 17.0 Å². The van der Waals surface area contributed by atoms with Crippen LogP contribution < -0.4 is 5.32 Å². The molecule has 2 aromatic rings. The van der Waals surface area contributed by atoms with E-state index in [-0.39, 0.29) is 16.9 Å². The largest absolute Gasteiger partial charge is 0.316 e. The minimum absolute atomic E-state index is 0.190. The van der Waals surface area contributed by atoms with Gasteiger partial charge in [-0.3, -0.25) is 0 Å². The van der Waals surface area contributed by atoms with Gasteiger partial charge in [0.15, 0.2) is 0 Å². The summed E-state index contributed by atoms with van der Waals surface area (Å²) in [4.78, 5) is 0. The van der Waals surface area contributed by atoms with E-state index in [2.05, 4.69) is 5.32 Å². The third kappa shape index (κ3) is 3.95. The number of rotatable bonds is 5. The molecule has 0 saturated heterocycles. The van der Waals surface area contributed by atoms with E-state index in [1.54, 1.807) is 6.07 Å². The molecule has 2 rings (SSSR count). The molecule has 0 radical (unpaired) electrons. The van der Waals surface area contributed by atoms with Crippen molar-refractivity contribution < 1.29 is 4.39 Å². The summed E-state index contributed by atoms with van der Waals surface area (Å²) in [5, 5.41) is 4.18. The Balaban J connectivity index is 2.09. The van der Waals surface area contributed by atoms with Crippen LogP contribution in [0, 0.1) is 5.82 Å². The summed E-state index contributed by atoms with van der Waals surface area (Å²) in [5.41, 5.74) is 2.00. The summed E-state index contributed by atoms with van der Waals surface area (Å²) in [6, 6.07) is 12.9. The average Bonchev–Trinajstić information content (AvgIpc) is 2.45. The molecule has 0 aromatic heterocycles. The Morgan fingerprint density at radius 1 is 1.05 bits per heavy atom. The van der Waals surface area contributed by atoms with E-state index < -0.39 is 0 Å². The van der Waals surface area contributed by atoms with E-state index in [9.17, 15) is 4.39 Å². The molecule has 1 unspecified atom stereocenters. The van der Waals surface area contributed by atoms with Gasteiger partial charge in [0.2, 0.25) is 0 Å². The molecule has 106 valence electrons. The first kappa shape index (κ1) is 15.3. The second kappa shape index (κ2) is 7.07. The lowest BCUT2D eigenvalue weighted by molar-refractivity contribution is 0.553. The first-order valence-electron chi connectivity index (χ1n) is 6.44. The third-order valence-electron chi connectivity index (χ3n) is 3.30. The summed E-state index contributed by atoms with van der Waals surface area (Å²) >= 11 is 11.9. The fourth-order valence-electron chi connectivity index (χ4n) is 2.15. The van der Waals surface area contributed by atoms with Gasteiger partial charge in [-0.05, 0) is 49.2 Å². The maximum absolute atomic E-state index is 13.4. The van der Waals surface area contributed by atoms with Gasteiger partial charge in [-0.2, -0.15) is 0 Å². The van der Waals surface area contributed by atoms with E-state index >= 15 is 0 Å². The van der Waals surface area contributed by atoms with E-state index in [0.29, 0.717) is 6.42 Å². The summed E-state index contributed by atoms with van der Waals surface area (Å²) < 4.78 is 13.4. The number of hydrogen-bond acceptors (Lipinski definition) is 1. The van der Waals surface area contributed by atoms with Crippen molar-refractivity contribution in [1.29, 1.82) is 0 Å². The highest BCUT2D eigenvalue weighted by atomic mass is 35.5. The van der Waals surface area contributed by atoms with Crippen molar-refractivity contribution in [2.75, 3.05) is 7.05 Å². The summed E-state index contributed by atoms with van der Waals surface area (Å²) in [7, 11) is 1.90. The van der Waals surface area contributed by atoms with Crippen LogP contribution in [0.4, 0.5) is 4.39 Å². The Kier molecular flexibility index (Phi) is 5.41. The molecule has 1 N–H and O–H groups in total. The van der Waals surface area contributed by atoms with Gasteiger partial charge in [-0.25, -0.2) is 4.39 Å². The topological polar surface area (TPSA) is 12.0 Å². The van der Waals surface area contributed by atoms with Crippen molar-refractivity contribution in [2.24, 2.45) is 0 Å². The predicted molar refractivity (Wildman–Crippen MR) is 83.1 cm³/mol. The number of benzene rings is 2. The molecule has 0 aliphatic rings. The molecular formula is C16H16Cl2FN. The van der Waals surface area contributed by atoms with Crippen molar-refractivity contribution in [2.45, 2.75) is 18.9 Å². The Labute approximate surface area is 128 Å². The molecule has 1 atom stereocenters. The normalized spacial score (nSPS) is 12.4. The Hall–Kier alpha value is -1.09. The monoisotopic (exact) mass is 311 g/mol. The zero-order chi connectivity index (χ0) is 14.5. The zero-order valence-corrected chi connectivity index (χ0v) is 12.7. The maximum atomic E-state index is 13.4. The van der Waals surface area contributed by atoms with Crippen LogP contribution in [-0.4, -0.2) is 13.1 Å². The molecule has 0 fully saturated rings. The quantitative estimate of drug-likeness (QED) is 0.857. The highest BCUT2D eigenvalue weighted by Gasteiger charge is 2.12. The van der Waals surface area contributed by atoms with Crippen molar-refractivity contribution in [1.82, 2.24) is 5.32 Å². The van der Waals surface area contributed by atoms with E-state index in [1.165, 1.54) is 11.6 Å². The van der Waals surface area contributed by atoms with Crippen LogP contribution in [0.25, 0.3) is 0 Å². The molecule has 0 bridgehead atoms. The molecular weight excluding hydrogens is 296 g/mol.